The monoisotopic (exact) mass is 347 g/mol. The molecular formula is C19H29N3O3. The van der Waals surface area contributed by atoms with Crippen molar-refractivity contribution < 1.29 is 14.1 Å². The van der Waals surface area contributed by atoms with Crippen molar-refractivity contribution in [2.45, 2.75) is 52.9 Å². The van der Waals surface area contributed by atoms with E-state index in [1.54, 1.807) is 13.0 Å². The minimum Gasteiger partial charge on any atom is -0.361 e. The molecule has 0 aromatic carbocycles. The van der Waals surface area contributed by atoms with E-state index in [1.807, 2.05) is 9.80 Å². The number of rotatable bonds is 4. The standard InChI is InChI=1S/C19H29N3O3/c1-14(2)6-10-21-12-19(8-5-17(21)23)7-4-9-22(13-19)18(24)16-11-15(3)25-20-16/h11,14H,4-10,12-13H2,1-3H3. The van der Waals surface area contributed by atoms with Crippen LogP contribution in [0, 0.1) is 18.3 Å². The minimum absolute atomic E-state index is 0.0393. The van der Waals surface area contributed by atoms with E-state index < -0.39 is 0 Å². The summed E-state index contributed by atoms with van der Waals surface area (Å²) in [5, 5.41) is 3.87. The molecule has 0 radical (unpaired) electrons. The van der Waals surface area contributed by atoms with Crippen LogP contribution in [0.25, 0.3) is 0 Å². The molecule has 2 saturated heterocycles. The maximum Gasteiger partial charge on any atom is 0.276 e. The Labute approximate surface area is 149 Å². The van der Waals surface area contributed by atoms with Gasteiger partial charge in [0.2, 0.25) is 5.91 Å². The number of hydrogen-bond acceptors (Lipinski definition) is 4. The molecule has 0 saturated carbocycles. The van der Waals surface area contributed by atoms with Crippen molar-refractivity contribution in [3.63, 3.8) is 0 Å². The second kappa shape index (κ2) is 7.18. The molecule has 0 N–H and O–H groups in total. The van der Waals surface area contributed by atoms with Crippen molar-refractivity contribution in [1.82, 2.24) is 15.0 Å². The van der Waals surface area contributed by atoms with Gasteiger partial charge in [-0.15, -0.1) is 0 Å². The molecule has 1 aromatic rings. The van der Waals surface area contributed by atoms with Crippen LogP contribution in [0.4, 0.5) is 0 Å². The predicted molar refractivity (Wildman–Crippen MR) is 94.1 cm³/mol. The fraction of sp³-hybridized carbons (Fsp3) is 0.737. The Morgan fingerprint density at radius 1 is 1.36 bits per heavy atom. The first-order valence-corrected chi connectivity index (χ1v) is 9.39. The van der Waals surface area contributed by atoms with Gasteiger partial charge in [-0.3, -0.25) is 9.59 Å². The topological polar surface area (TPSA) is 66.7 Å². The van der Waals surface area contributed by atoms with E-state index in [0.717, 1.165) is 45.3 Å². The second-order valence-electron chi connectivity index (χ2n) is 8.15. The molecule has 2 aliphatic rings. The maximum atomic E-state index is 12.7. The molecule has 6 heteroatoms. The Kier molecular flexibility index (Phi) is 5.16. The number of piperidine rings is 2. The fourth-order valence-electron chi connectivity index (χ4n) is 4.06. The lowest BCUT2D eigenvalue weighted by molar-refractivity contribution is -0.139. The summed E-state index contributed by atoms with van der Waals surface area (Å²) in [6.07, 6.45) is 4.58. The first-order valence-electron chi connectivity index (χ1n) is 9.39. The van der Waals surface area contributed by atoms with E-state index >= 15 is 0 Å². The number of carbonyl (C=O) groups excluding carboxylic acids is 2. The van der Waals surface area contributed by atoms with Crippen molar-refractivity contribution in [1.29, 1.82) is 0 Å². The van der Waals surface area contributed by atoms with Gasteiger partial charge in [-0.2, -0.15) is 0 Å². The fourth-order valence-corrected chi connectivity index (χ4v) is 4.06. The van der Waals surface area contributed by atoms with Crippen LogP contribution >= 0.6 is 0 Å². The lowest BCUT2D eigenvalue weighted by atomic mass is 9.73. The summed E-state index contributed by atoms with van der Waals surface area (Å²) in [5.41, 5.74) is 0.426. The summed E-state index contributed by atoms with van der Waals surface area (Å²) in [4.78, 5) is 28.9. The van der Waals surface area contributed by atoms with Crippen molar-refractivity contribution in [2.75, 3.05) is 26.2 Å². The molecule has 3 heterocycles. The summed E-state index contributed by atoms with van der Waals surface area (Å²) in [7, 11) is 0. The van der Waals surface area contributed by atoms with E-state index in [9.17, 15) is 9.59 Å². The molecular weight excluding hydrogens is 318 g/mol. The van der Waals surface area contributed by atoms with Crippen molar-refractivity contribution in [3.05, 3.63) is 17.5 Å². The molecule has 1 aromatic heterocycles. The lowest BCUT2D eigenvalue weighted by Gasteiger charge is -2.48. The van der Waals surface area contributed by atoms with E-state index in [4.69, 9.17) is 4.52 Å². The molecule has 2 amide bonds. The molecule has 1 atom stereocenters. The number of aryl methyl sites for hydroxylation is 1. The SMILES string of the molecule is Cc1cc(C(=O)N2CCCC3(CCC(=O)N(CCC(C)C)C3)C2)no1. The van der Waals surface area contributed by atoms with Crippen LogP contribution in [-0.2, 0) is 4.79 Å². The van der Waals surface area contributed by atoms with Crippen LogP contribution in [0.1, 0.15) is 62.2 Å². The smallest absolute Gasteiger partial charge is 0.276 e. The Balaban J connectivity index is 1.68. The summed E-state index contributed by atoms with van der Waals surface area (Å²) in [6.45, 7) is 9.24. The highest BCUT2D eigenvalue weighted by Gasteiger charge is 2.43. The quantitative estimate of drug-likeness (QED) is 0.840. The Morgan fingerprint density at radius 2 is 2.16 bits per heavy atom. The first-order chi connectivity index (χ1) is 11.9. The largest absolute Gasteiger partial charge is 0.361 e. The normalized spacial score (nSPS) is 24.4. The molecule has 6 nitrogen and oxygen atoms in total. The van der Waals surface area contributed by atoms with Gasteiger partial charge in [0.1, 0.15) is 5.76 Å². The molecule has 2 fully saturated rings. The molecule has 138 valence electrons. The highest BCUT2D eigenvalue weighted by molar-refractivity contribution is 5.92. The van der Waals surface area contributed by atoms with Crippen LogP contribution in [0.15, 0.2) is 10.6 Å². The minimum atomic E-state index is -0.0541. The molecule has 0 bridgehead atoms. The summed E-state index contributed by atoms with van der Waals surface area (Å²) < 4.78 is 5.05. The third-order valence-electron chi connectivity index (χ3n) is 5.52. The number of likely N-dealkylation sites (tertiary alicyclic amines) is 2. The second-order valence-corrected chi connectivity index (χ2v) is 8.15. The van der Waals surface area contributed by atoms with Crippen LogP contribution < -0.4 is 0 Å². The molecule has 3 rings (SSSR count). The zero-order chi connectivity index (χ0) is 18.0. The van der Waals surface area contributed by atoms with Gasteiger partial charge >= 0.3 is 0 Å². The zero-order valence-corrected chi connectivity index (χ0v) is 15.6. The van der Waals surface area contributed by atoms with E-state index in [-0.39, 0.29) is 17.2 Å². The van der Waals surface area contributed by atoms with Gasteiger partial charge < -0.3 is 14.3 Å². The van der Waals surface area contributed by atoms with E-state index in [2.05, 4.69) is 19.0 Å². The third-order valence-corrected chi connectivity index (χ3v) is 5.52. The maximum absolute atomic E-state index is 12.7. The summed E-state index contributed by atoms with van der Waals surface area (Å²) in [6, 6.07) is 1.70. The average Bonchev–Trinajstić information content (AvgIpc) is 3.02. The van der Waals surface area contributed by atoms with Crippen LogP contribution in [0.5, 0.6) is 0 Å². The Morgan fingerprint density at radius 3 is 2.84 bits per heavy atom. The first kappa shape index (κ1) is 18.0. The third kappa shape index (κ3) is 4.05. The summed E-state index contributed by atoms with van der Waals surface area (Å²) in [5.74, 6) is 1.45. The Bertz CT molecular complexity index is 640. The molecule has 2 aliphatic heterocycles. The van der Waals surface area contributed by atoms with Crippen LogP contribution in [0.3, 0.4) is 0 Å². The van der Waals surface area contributed by atoms with Crippen LogP contribution in [-0.4, -0.2) is 52.9 Å². The van der Waals surface area contributed by atoms with Crippen molar-refractivity contribution in [3.8, 4) is 0 Å². The van der Waals surface area contributed by atoms with E-state index in [1.165, 1.54) is 0 Å². The van der Waals surface area contributed by atoms with Gasteiger partial charge in [0.05, 0.1) is 0 Å². The average molecular weight is 347 g/mol. The number of hydrogen-bond donors (Lipinski definition) is 0. The van der Waals surface area contributed by atoms with Gasteiger partial charge in [-0.25, -0.2) is 0 Å². The number of aromatic nitrogens is 1. The molecule has 0 aliphatic carbocycles. The number of amides is 2. The zero-order valence-electron chi connectivity index (χ0n) is 15.6. The lowest BCUT2D eigenvalue weighted by Crippen LogP contribution is -2.55. The number of carbonyl (C=O) groups is 2. The molecule has 25 heavy (non-hydrogen) atoms. The summed E-state index contributed by atoms with van der Waals surface area (Å²) >= 11 is 0. The predicted octanol–water partition coefficient (Wildman–Crippen LogP) is 2.87. The highest BCUT2D eigenvalue weighted by Crippen LogP contribution is 2.39. The van der Waals surface area contributed by atoms with Crippen molar-refractivity contribution >= 4 is 11.8 Å². The van der Waals surface area contributed by atoms with Crippen molar-refractivity contribution in [2.24, 2.45) is 11.3 Å². The van der Waals surface area contributed by atoms with Gasteiger partial charge in [0.25, 0.3) is 5.91 Å². The van der Waals surface area contributed by atoms with Gasteiger partial charge in [0.15, 0.2) is 5.69 Å². The van der Waals surface area contributed by atoms with E-state index in [0.29, 0.717) is 30.3 Å². The number of nitrogens with zero attached hydrogens (tertiary/aromatic N) is 3. The van der Waals surface area contributed by atoms with Gasteiger partial charge in [0, 0.05) is 44.1 Å². The molecule has 1 spiro atoms. The van der Waals surface area contributed by atoms with Crippen LogP contribution in [0.2, 0.25) is 0 Å². The van der Waals surface area contributed by atoms with Gasteiger partial charge in [-0.05, 0) is 38.5 Å². The Hall–Kier alpha value is -1.85. The molecule has 1 unspecified atom stereocenters. The van der Waals surface area contributed by atoms with Gasteiger partial charge in [-0.1, -0.05) is 19.0 Å². The highest BCUT2D eigenvalue weighted by atomic mass is 16.5.